The number of carbonyl (C=O) groups excluding carboxylic acids is 3. The van der Waals surface area contributed by atoms with Crippen LogP contribution in [0.4, 0.5) is 5.69 Å². The van der Waals surface area contributed by atoms with Crippen LogP contribution in [0.3, 0.4) is 0 Å². The van der Waals surface area contributed by atoms with E-state index >= 15 is 0 Å². The molecule has 0 unspecified atom stereocenters. The normalized spacial score (nSPS) is 18.6. The van der Waals surface area contributed by atoms with E-state index in [1.807, 2.05) is 31.2 Å². The molecule has 6 nitrogen and oxygen atoms in total. The number of nitrogens with zero attached hydrogens (tertiary/aromatic N) is 2. The molecule has 0 N–H and O–H groups in total. The highest BCUT2D eigenvalue weighted by atomic mass is 35.5. The molecule has 0 aliphatic carbocycles. The zero-order valence-corrected chi connectivity index (χ0v) is 18.2. The maximum atomic E-state index is 12.7. The van der Waals surface area contributed by atoms with Gasteiger partial charge in [0.05, 0.1) is 5.92 Å². The van der Waals surface area contributed by atoms with Crippen molar-refractivity contribution in [2.75, 3.05) is 24.6 Å². The highest BCUT2D eigenvalue weighted by molar-refractivity contribution is 6.30. The molecule has 2 aromatic rings. The molecule has 2 amide bonds. The van der Waals surface area contributed by atoms with Crippen molar-refractivity contribution >= 4 is 35.1 Å². The molecular weight excluding hydrogens is 416 g/mol. The Morgan fingerprint density at radius 3 is 2.42 bits per heavy atom. The van der Waals surface area contributed by atoms with Gasteiger partial charge in [-0.25, -0.2) is 0 Å². The molecule has 2 aromatic carbocycles. The first-order valence-electron chi connectivity index (χ1n) is 10.6. The topological polar surface area (TPSA) is 66.9 Å². The Morgan fingerprint density at radius 2 is 1.71 bits per heavy atom. The van der Waals surface area contributed by atoms with Crippen LogP contribution in [0.15, 0.2) is 48.5 Å². The van der Waals surface area contributed by atoms with Gasteiger partial charge in [0.15, 0.2) is 6.61 Å². The smallest absolute Gasteiger partial charge is 0.309 e. The lowest BCUT2D eigenvalue weighted by Gasteiger charge is -2.31. The summed E-state index contributed by atoms with van der Waals surface area (Å²) in [5, 5.41) is 0.583. The van der Waals surface area contributed by atoms with E-state index < -0.39 is 0 Å². The molecule has 31 heavy (non-hydrogen) atoms. The number of anilines is 1. The third-order valence-electron chi connectivity index (χ3n) is 6.02. The van der Waals surface area contributed by atoms with Gasteiger partial charge in [0.2, 0.25) is 0 Å². The minimum atomic E-state index is -0.368. The average Bonchev–Trinajstić information content (AvgIpc) is 3.13. The average molecular weight is 441 g/mol. The fourth-order valence-corrected chi connectivity index (χ4v) is 4.49. The Morgan fingerprint density at radius 1 is 1.03 bits per heavy atom. The third-order valence-corrected chi connectivity index (χ3v) is 6.27. The Balaban J connectivity index is 1.27. The third kappa shape index (κ3) is 4.59. The first-order valence-corrected chi connectivity index (χ1v) is 10.9. The van der Waals surface area contributed by atoms with Crippen LogP contribution in [0, 0.1) is 5.92 Å². The summed E-state index contributed by atoms with van der Waals surface area (Å²) in [5.74, 6) is -0.945. The Labute approximate surface area is 186 Å². The van der Waals surface area contributed by atoms with Gasteiger partial charge in [-0.3, -0.25) is 14.4 Å². The minimum absolute atomic E-state index is 0.0470. The molecule has 1 saturated heterocycles. The van der Waals surface area contributed by atoms with Gasteiger partial charge >= 0.3 is 5.97 Å². The van der Waals surface area contributed by atoms with Crippen molar-refractivity contribution in [3.8, 4) is 0 Å². The molecule has 7 heteroatoms. The summed E-state index contributed by atoms with van der Waals surface area (Å²) in [6.45, 7) is 2.69. The van der Waals surface area contributed by atoms with Crippen LogP contribution in [0.2, 0.25) is 5.02 Å². The number of amides is 2. The lowest BCUT2D eigenvalue weighted by atomic mass is 9.96. The number of fused-ring (bicyclic) bond motifs is 1. The van der Waals surface area contributed by atoms with Crippen LogP contribution in [0.25, 0.3) is 0 Å². The first-order chi connectivity index (χ1) is 14.9. The molecule has 0 radical (unpaired) electrons. The Bertz CT molecular complexity index is 983. The minimum Gasteiger partial charge on any atom is -0.455 e. The van der Waals surface area contributed by atoms with Crippen molar-refractivity contribution in [2.45, 2.75) is 32.2 Å². The number of hydrogen-bond donors (Lipinski definition) is 0. The monoisotopic (exact) mass is 440 g/mol. The molecule has 2 heterocycles. The highest BCUT2D eigenvalue weighted by Crippen LogP contribution is 2.32. The van der Waals surface area contributed by atoms with Gasteiger partial charge in [-0.15, -0.1) is 0 Å². The zero-order valence-electron chi connectivity index (χ0n) is 17.4. The lowest BCUT2D eigenvalue weighted by Crippen LogP contribution is -2.42. The molecule has 0 aromatic heterocycles. The van der Waals surface area contributed by atoms with Gasteiger partial charge in [-0.05, 0) is 62.1 Å². The summed E-state index contributed by atoms with van der Waals surface area (Å²) in [6, 6.07) is 14.6. The predicted octanol–water partition coefficient (Wildman–Crippen LogP) is 3.71. The van der Waals surface area contributed by atoms with Crippen LogP contribution >= 0.6 is 11.6 Å². The van der Waals surface area contributed by atoms with Gasteiger partial charge in [0.1, 0.15) is 0 Å². The summed E-state index contributed by atoms with van der Waals surface area (Å²) in [4.78, 5) is 41.3. The summed E-state index contributed by atoms with van der Waals surface area (Å²) in [6.07, 6.45) is 1.85. The summed E-state index contributed by atoms with van der Waals surface area (Å²) in [7, 11) is 0. The van der Waals surface area contributed by atoms with Crippen LogP contribution in [0.5, 0.6) is 0 Å². The summed E-state index contributed by atoms with van der Waals surface area (Å²) < 4.78 is 5.36. The van der Waals surface area contributed by atoms with Crippen molar-refractivity contribution in [3.63, 3.8) is 0 Å². The number of esters is 1. The molecular formula is C24H25ClN2O4. The number of benzene rings is 2. The van der Waals surface area contributed by atoms with Gasteiger partial charge < -0.3 is 14.5 Å². The van der Waals surface area contributed by atoms with Crippen molar-refractivity contribution in [3.05, 3.63) is 64.7 Å². The number of hydrogen-bond acceptors (Lipinski definition) is 4. The van der Waals surface area contributed by atoms with Crippen LogP contribution in [-0.4, -0.2) is 48.4 Å². The van der Waals surface area contributed by atoms with E-state index in [1.165, 1.54) is 0 Å². The quantitative estimate of drug-likeness (QED) is 0.680. The van der Waals surface area contributed by atoms with Gasteiger partial charge in [0, 0.05) is 35.4 Å². The molecule has 162 valence electrons. The number of carbonyl (C=O) groups is 3. The van der Waals surface area contributed by atoms with Crippen LogP contribution < -0.4 is 4.90 Å². The van der Waals surface area contributed by atoms with Crippen molar-refractivity contribution in [1.82, 2.24) is 4.90 Å². The molecule has 4 rings (SSSR count). The van der Waals surface area contributed by atoms with Gasteiger partial charge in [-0.1, -0.05) is 29.8 Å². The molecule has 2 aliphatic rings. The summed E-state index contributed by atoms with van der Waals surface area (Å²) >= 11 is 5.88. The standard InChI is InChI=1S/C24H25ClN2O4/c1-16-14-19-4-2-3-5-21(19)27(16)22(28)15-31-24(30)18-10-12-26(13-11-18)23(29)17-6-8-20(25)9-7-17/h2-9,16,18H,10-15H2,1H3/t16-/m1/s1. The first kappa shape index (κ1) is 21.4. The van der Waals surface area contributed by atoms with E-state index in [9.17, 15) is 14.4 Å². The van der Waals surface area contributed by atoms with E-state index in [0.717, 1.165) is 17.7 Å². The highest BCUT2D eigenvalue weighted by Gasteiger charge is 2.33. The molecule has 1 fully saturated rings. The van der Waals surface area contributed by atoms with E-state index in [0.29, 0.717) is 36.5 Å². The SMILES string of the molecule is C[C@@H]1Cc2ccccc2N1C(=O)COC(=O)C1CCN(C(=O)c2ccc(Cl)cc2)CC1. The number of piperidine rings is 1. The predicted molar refractivity (Wildman–Crippen MR) is 118 cm³/mol. The molecule has 0 spiro atoms. The van der Waals surface area contributed by atoms with Crippen LogP contribution in [0.1, 0.15) is 35.7 Å². The molecule has 2 aliphatic heterocycles. The second kappa shape index (κ2) is 9.10. The number of rotatable bonds is 4. The van der Waals surface area contributed by atoms with Crippen molar-refractivity contribution in [1.29, 1.82) is 0 Å². The largest absolute Gasteiger partial charge is 0.455 e. The van der Waals surface area contributed by atoms with E-state index in [2.05, 4.69) is 0 Å². The van der Waals surface area contributed by atoms with Crippen molar-refractivity contribution < 1.29 is 19.1 Å². The Hall–Kier alpha value is -2.86. The molecule has 1 atom stereocenters. The van der Waals surface area contributed by atoms with Crippen molar-refractivity contribution in [2.24, 2.45) is 5.92 Å². The fourth-order valence-electron chi connectivity index (χ4n) is 4.36. The molecule has 0 saturated carbocycles. The van der Waals surface area contributed by atoms with E-state index in [1.54, 1.807) is 34.1 Å². The zero-order chi connectivity index (χ0) is 22.0. The van der Waals surface area contributed by atoms with E-state index in [4.69, 9.17) is 16.3 Å². The maximum absolute atomic E-state index is 12.7. The van der Waals surface area contributed by atoms with Crippen LogP contribution in [-0.2, 0) is 20.7 Å². The maximum Gasteiger partial charge on any atom is 0.309 e. The number of ether oxygens (including phenoxy) is 1. The number of halogens is 1. The lowest BCUT2D eigenvalue weighted by molar-refractivity contribution is -0.153. The number of para-hydroxylation sites is 1. The van der Waals surface area contributed by atoms with Gasteiger partial charge in [-0.2, -0.15) is 0 Å². The Kier molecular flexibility index (Phi) is 6.28. The number of likely N-dealkylation sites (tertiary alicyclic amines) is 1. The second-order valence-electron chi connectivity index (χ2n) is 8.13. The van der Waals surface area contributed by atoms with Gasteiger partial charge in [0.25, 0.3) is 11.8 Å². The second-order valence-corrected chi connectivity index (χ2v) is 8.56. The van der Waals surface area contributed by atoms with E-state index in [-0.39, 0.29) is 36.4 Å². The molecule has 0 bridgehead atoms. The fraction of sp³-hybridized carbons (Fsp3) is 0.375. The summed E-state index contributed by atoms with van der Waals surface area (Å²) in [5.41, 5.74) is 2.61.